The summed E-state index contributed by atoms with van der Waals surface area (Å²) >= 11 is 0. The van der Waals surface area contributed by atoms with Crippen LogP contribution in [0, 0.1) is 24.0 Å². The van der Waals surface area contributed by atoms with Gasteiger partial charge >= 0.3 is 5.91 Å². The zero-order valence-corrected chi connectivity index (χ0v) is 19.2. The van der Waals surface area contributed by atoms with E-state index in [1.807, 2.05) is 6.92 Å². The minimum absolute atomic E-state index is 0.0767. The summed E-state index contributed by atoms with van der Waals surface area (Å²) in [6.07, 6.45) is 3.23. The molecule has 0 saturated heterocycles. The smallest absolute Gasteiger partial charge is 0.309 e. The van der Waals surface area contributed by atoms with E-state index in [-0.39, 0.29) is 34.4 Å². The van der Waals surface area contributed by atoms with Crippen molar-refractivity contribution in [1.29, 1.82) is 0 Å². The van der Waals surface area contributed by atoms with Gasteiger partial charge in [-0.3, -0.25) is 4.79 Å². The van der Waals surface area contributed by atoms with Crippen LogP contribution in [0.4, 0.5) is 8.78 Å². The third-order valence-electron chi connectivity index (χ3n) is 7.77. The van der Waals surface area contributed by atoms with Crippen molar-refractivity contribution in [3.8, 4) is 11.3 Å². The summed E-state index contributed by atoms with van der Waals surface area (Å²) in [5, 5.41) is 8.78. The minimum Gasteiger partial charge on any atom is -0.441 e. The second-order valence-corrected chi connectivity index (χ2v) is 9.64. The molecule has 0 unspecified atom stereocenters. The molecular formula is C25H26F2N4O2. The van der Waals surface area contributed by atoms with Gasteiger partial charge in [-0.25, -0.2) is 13.8 Å². The maximum atomic E-state index is 14.4. The van der Waals surface area contributed by atoms with E-state index in [1.54, 1.807) is 17.9 Å². The minimum atomic E-state index is -0.662. The quantitative estimate of drug-likeness (QED) is 0.543. The molecule has 1 saturated carbocycles. The Balaban J connectivity index is 1.56. The number of likely N-dealkylation sites (N-methyl/N-ethyl adjacent to an activating group) is 1. The number of carbonyl (C=O) groups is 1. The molecule has 172 valence electrons. The zero-order chi connectivity index (χ0) is 23.5. The second kappa shape index (κ2) is 7.43. The average molecular weight is 453 g/mol. The van der Waals surface area contributed by atoms with Crippen molar-refractivity contribution in [1.82, 2.24) is 20.1 Å². The number of halogens is 2. The fraction of sp³-hybridized carbons (Fsp3) is 0.440. The Kier molecular flexibility index (Phi) is 4.88. The summed E-state index contributed by atoms with van der Waals surface area (Å²) in [5.41, 5.74) is 1.84. The molecule has 2 aromatic heterocycles. The molecule has 0 radical (unpaired) electrons. The maximum absolute atomic E-state index is 14.4. The summed E-state index contributed by atoms with van der Waals surface area (Å²) in [6, 6.07) is 5.56. The lowest BCUT2D eigenvalue weighted by Gasteiger charge is -2.41. The van der Waals surface area contributed by atoms with Crippen LogP contribution in [0.25, 0.3) is 11.3 Å². The maximum Gasteiger partial charge on any atom is 0.309 e. The highest BCUT2D eigenvalue weighted by Gasteiger charge is 2.64. The average Bonchev–Trinajstić information content (AvgIpc) is 3.37. The number of aromatic nitrogens is 3. The molecule has 0 N–H and O–H groups in total. The van der Waals surface area contributed by atoms with Crippen LogP contribution in [-0.2, 0) is 5.41 Å². The first kappa shape index (κ1) is 21.7. The number of nitrogens with zero attached hydrogens (tertiary/aromatic N) is 4. The first-order valence-corrected chi connectivity index (χ1v) is 11.2. The first-order valence-electron chi connectivity index (χ1n) is 11.2. The van der Waals surface area contributed by atoms with Gasteiger partial charge in [0.15, 0.2) is 0 Å². The van der Waals surface area contributed by atoms with E-state index in [4.69, 9.17) is 4.42 Å². The summed E-state index contributed by atoms with van der Waals surface area (Å²) in [6.45, 7) is 9.01. The van der Waals surface area contributed by atoms with Crippen molar-refractivity contribution in [2.45, 2.75) is 51.9 Å². The van der Waals surface area contributed by atoms with Crippen LogP contribution >= 0.6 is 0 Å². The molecule has 0 spiro atoms. The van der Waals surface area contributed by atoms with Crippen molar-refractivity contribution >= 4 is 5.91 Å². The van der Waals surface area contributed by atoms with Crippen LogP contribution in [0.1, 0.15) is 67.2 Å². The van der Waals surface area contributed by atoms with Gasteiger partial charge in [0.1, 0.15) is 17.9 Å². The van der Waals surface area contributed by atoms with Crippen LogP contribution in [0.15, 0.2) is 34.9 Å². The van der Waals surface area contributed by atoms with Gasteiger partial charge < -0.3 is 9.32 Å². The summed E-state index contributed by atoms with van der Waals surface area (Å²) in [7, 11) is 0. The molecule has 2 aliphatic rings. The SMILES string of the molecule is CCN(C[C@@]12CC[C@@H](c3cc(-c4c(F)cccc4F)nnc31)C2(C)C)C(=O)c1nc(C)co1. The molecule has 3 aromatic rings. The molecule has 2 bridgehead atoms. The number of hydrogen-bond donors (Lipinski definition) is 0. The van der Waals surface area contributed by atoms with Crippen LogP contribution in [0.3, 0.4) is 0 Å². The Bertz CT molecular complexity index is 1230. The van der Waals surface area contributed by atoms with Gasteiger partial charge in [0.05, 0.1) is 22.6 Å². The molecule has 5 rings (SSSR count). The van der Waals surface area contributed by atoms with Gasteiger partial charge in [0.2, 0.25) is 0 Å². The lowest BCUT2D eigenvalue weighted by molar-refractivity contribution is 0.0614. The van der Waals surface area contributed by atoms with E-state index >= 15 is 0 Å². The number of amides is 1. The Morgan fingerprint density at radius 2 is 1.97 bits per heavy atom. The van der Waals surface area contributed by atoms with Gasteiger partial charge in [0.25, 0.3) is 5.89 Å². The summed E-state index contributed by atoms with van der Waals surface area (Å²) in [4.78, 5) is 19.1. The first-order chi connectivity index (χ1) is 15.7. The summed E-state index contributed by atoms with van der Waals surface area (Å²) < 4.78 is 34.2. The highest BCUT2D eigenvalue weighted by atomic mass is 19.1. The fourth-order valence-electron chi connectivity index (χ4n) is 5.88. The molecule has 2 heterocycles. The monoisotopic (exact) mass is 452 g/mol. The Morgan fingerprint density at radius 3 is 2.61 bits per heavy atom. The Hall–Kier alpha value is -3.16. The molecule has 2 aliphatic carbocycles. The van der Waals surface area contributed by atoms with Crippen molar-refractivity contribution in [3.05, 3.63) is 65.0 Å². The molecule has 8 heteroatoms. The summed E-state index contributed by atoms with van der Waals surface area (Å²) in [5.74, 6) is -1.34. The molecule has 33 heavy (non-hydrogen) atoms. The normalized spacial score (nSPS) is 22.4. The second-order valence-electron chi connectivity index (χ2n) is 9.64. The van der Waals surface area contributed by atoms with E-state index in [9.17, 15) is 13.6 Å². The number of fused-ring (bicyclic) bond motifs is 5. The van der Waals surface area contributed by atoms with E-state index < -0.39 is 17.0 Å². The van der Waals surface area contributed by atoms with Gasteiger partial charge in [-0.05, 0) is 61.8 Å². The van der Waals surface area contributed by atoms with Crippen LogP contribution < -0.4 is 0 Å². The fourth-order valence-corrected chi connectivity index (χ4v) is 5.88. The van der Waals surface area contributed by atoms with Crippen molar-refractivity contribution in [2.75, 3.05) is 13.1 Å². The molecule has 0 aliphatic heterocycles. The van der Waals surface area contributed by atoms with E-state index in [0.29, 0.717) is 18.8 Å². The van der Waals surface area contributed by atoms with E-state index in [2.05, 4.69) is 29.0 Å². The third kappa shape index (κ3) is 3.03. The van der Waals surface area contributed by atoms with Crippen molar-refractivity contribution < 1.29 is 18.0 Å². The number of oxazole rings is 1. The van der Waals surface area contributed by atoms with E-state index in [1.165, 1.54) is 24.5 Å². The largest absolute Gasteiger partial charge is 0.441 e. The standard InChI is InChI=1S/C25H26F2N4O2/c1-5-31(23(32)22-28-14(2)12-33-22)13-25-10-9-16(24(25,3)4)15-11-19(29-30-21(15)25)20-17(26)7-6-8-18(20)27/h6-8,11-12,16H,5,9-10,13H2,1-4H3/t16-,25-/m0/s1. The molecule has 1 amide bonds. The highest BCUT2D eigenvalue weighted by molar-refractivity contribution is 5.89. The van der Waals surface area contributed by atoms with Crippen LogP contribution in [0.2, 0.25) is 0 Å². The number of hydrogen-bond acceptors (Lipinski definition) is 5. The molecule has 1 fully saturated rings. The topological polar surface area (TPSA) is 72.1 Å². The molecular weight excluding hydrogens is 426 g/mol. The third-order valence-corrected chi connectivity index (χ3v) is 7.77. The lowest BCUT2D eigenvalue weighted by atomic mass is 9.68. The van der Waals surface area contributed by atoms with Crippen LogP contribution in [0.5, 0.6) is 0 Å². The predicted molar refractivity (Wildman–Crippen MR) is 118 cm³/mol. The lowest BCUT2D eigenvalue weighted by Crippen LogP contribution is -2.48. The number of rotatable bonds is 5. The van der Waals surface area contributed by atoms with Gasteiger partial charge in [-0.2, -0.15) is 10.2 Å². The molecule has 1 aromatic carbocycles. The Labute approximate surface area is 191 Å². The predicted octanol–water partition coefficient (Wildman–Crippen LogP) is 5.04. The number of carbonyl (C=O) groups excluding carboxylic acids is 1. The van der Waals surface area contributed by atoms with Crippen LogP contribution in [-0.4, -0.2) is 39.1 Å². The molecule has 6 nitrogen and oxygen atoms in total. The van der Waals surface area contributed by atoms with Gasteiger partial charge in [-0.1, -0.05) is 19.9 Å². The van der Waals surface area contributed by atoms with Gasteiger partial charge in [-0.15, -0.1) is 0 Å². The van der Waals surface area contributed by atoms with Crippen molar-refractivity contribution in [2.24, 2.45) is 5.41 Å². The highest BCUT2D eigenvalue weighted by Crippen LogP contribution is 2.67. The number of aryl methyl sites for hydroxylation is 1. The van der Waals surface area contributed by atoms with E-state index in [0.717, 1.165) is 24.1 Å². The molecule has 2 atom stereocenters. The van der Waals surface area contributed by atoms with Crippen molar-refractivity contribution in [3.63, 3.8) is 0 Å². The zero-order valence-electron chi connectivity index (χ0n) is 19.2. The van der Waals surface area contributed by atoms with Gasteiger partial charge in [0, 0.05) is 18.5 Å². The Morgan fingerprint density at radius 1 is 1.24 bits per heavy atom. The number of benzene rings is 1.